The molecule has 3 rings (SSSR count). The molecule has 0 aliphatic rings. The van der Waals surface area contributed by atoms with Crippen molar-refractivity contribution in [2.75, 3.05) is 5.32 Å². The van der Waals surface area contributed by atoms with Crippen LogP contribution in [0.15, 0.2) is 53.9 Å². The summed E-state index contributed by atoms with van der Waals surface area (Å²) < 4.78 is 0. The standard InChI is InChI=1S/C18H13ClN2O3S/c1-11-8-17(25-10-11)18(22)13-7-6-12(9-14(13)19)20-15-4-2-3-5-16(15)21(23)24/h2-10,20H,1H3. The molecule has 0 fully saturated rings. The minimum atomic E-state index is -0.457. The fourth-order valence-corrected chi connectivity index (χ4v) is 3.47. The summed E-state index contributed by atoms with van der Waals surface area (Å²) in [6, 6.07) is 13.0. The third-order valence-corrected chi connectivity index (χ3v) is 4.91. The van der Waals surface area contributed by atoms with E-state index in [1.165, 1.54) is 17.4 Å². The second-order valence-electron chi connectivity index (χ2n) is 5.41. The number of halogens is 1. The highest BCUT2D eigenvalue weighted by Crippen LogP contribution is 2.30. The van der Waals surface area contributed by atoms with Crippen LogP contribution in [-0.4, -0.2) is 10.7 Å². The minimum absolute atomic E-state index is 0.0344. The number of nitrogens with zero attached hydrogens (tertiary/aromatic N) is 1. The number of aryl methyl sites for hydroxylation is 1. The number of benzene rings is 2. The van der Waals surface area contributed by atoms with Crippen LogP contribution in [-0.2, 0) is 0 Å². The number of nitro benzene ring substituents is 1. The van der Waals surface area contributed by atoms with Crippen molar-refractivity contribution in [2.45, 2.75) is 6.92 Å². The average Bonchev–Trinajstić information content (AvgIpc) is 3.01. The van der Waals surface area contributed by atoms with Gasteiger partial charge < -0.3 is 5.32 Å². The molecule has 25 heavy (non-hydrogen) atoms. The first-order valence-corrected chi connectivity index (χ1v) is 8.61. The number of nitrogens with one attached hydrogen (secondary N) is 1. The van der Waals surface area contributed by atoms with Crippen LogP contribution in [0, 0.1) is 17.0 Å². The molecule has 1 heterocycles. The maximum absolute atomic E-state index is 12.5. The quantitative estimate of drug-likeness (QED) is 0.360. The van der Waals surface area contributed by atoms with E-state index in [4.69, 9.17) is 11.6 Å². The van der Waals surface area contributed by atoms with Crippen molar-refractivity contribution >= 4 is 45.8 Å². The van der Waals surface area contributed by atoms with Gasteiger partial charge in [-0.05, 0) is 48.2 Å². The fourth-order valence-electron chi connectivity index (χ4n) is 2.35. The SMILES string of the molecule is Cc1csc(C(=O)c2ccc(Nc3ccccc3[N+](=O)[O-])cc2Cl)c1. The molecule has 0 radical (unpaired) electrons. The first kappa shape index (κ1) is 17.1. The van der Waals surface area contributed by atoms with Crippen LogP contribution >= 0.6 is 22.9 Å². The Bertz CT molecular complexity index is 968. The predicted octanol–water partition coefficient (Wildman–Crippen LogP) is 5.59. The summed E-state index contributed by atoms with van der Waals surface area (Å²) in [5.74, 6) is -0.139. The van der Waals surface area contributed by atoms with Crippen LogP contribution in [0.3, 0.4) is 0 Å². The van der Waals surface area contributed by atoms with Gasteiger partial charge in [-0.25, -0.2) is 0 Å². The normalized spacial score (nSPS) is 10.5. The van der Waals surface area contributed by atoms with Crippen LogP contribution < -0.4 is 5.32 Å². The maximum Gasteiger partial charge on any atom is 0.292 e. The lowest BCUT2D eigenvalue weighted by Crippen LogP contribution is -2.01. The molecule has 0 saturated heterocycles. The zero-order valence-corrected chi connectivity index (χ0v) is 14.7. The molecule has 0 unspecified atom stereocenters. The van der Waals surface area contributed by atoms with E-state index in [0.29, 0.717) is 26.8 Å². The summed E-state index contributed by atoms with van der Waals surface area (Å²) in [6.07, 6.45) is 0. The first-order valence-electron chi connectivity index (χ1n) is 7.35. The van der Waals surface area contributed by atoms with Gasteiger partial charge in [-0.1, -0.05) is 23.7 Å². The zero-order chi connectivity index (χ0) is 18.0. The molecule has 5 nitrogen and oxygen atoms in total. The van der Waals surface area contributed by atoms with E-state index in [9.17, 15) is 14.9 Å². The Morgan fingerprint density at radius 2 is 1.96 bits per heavy atom. The van der Waals surface area contributed by atoms with Crippen LogP contribution in [0.1, 0.15) is 20.8 Å². The third kappa shape index (κ3) is 3.70. The number of carbonyl (C=O) groups is 1. The van der Waals surface area contributed by atoms with Gasteiger partial charge in [-0.15, -0.1) is 11.3 Å². The molecule has 1 N–H and O–H groups in total. The van der Waals surface area contributed by atoms with E-state index in [-0.39, 0.29) is 11.5 Å². The smallest absolute Gasteiger partial charge is 0.292 e. The highest BCUT2D eigenvalue weighted by atomic mass is 35.5. The van der Waals surface area contributed by atoms with Gasteiger partial charge in [0.25, 0.3) is 5.69 Å². The topological polar surface area (TPSA) is 72.2 Å². The number of ketones is 1. The van der Waals surface area contributed by atoms with E-state index in [1.54, 1.807) is 36.4 Å². The maximum atomic E-state index is 12.5. The van der Waals surface area contributed by atoms with Crippen LogP contribution in [0.2, 0.25) is 5.02 Å². The van der Waals surface area contributed by atoms with Gasteiger partial charge in [-0.3, -0.25) is 14.9 Å². The number of rotatable bonds is 5. The van der Waals surface area contributed by atoms with E-state index >= 15 is 0 Å². The largest absolute Gasteiger partial charge is 0.350 e. The van der Waals surface area contributed by atoms with Crippen molar-refractivity contribution in [1.82, 2.24) is 0 Å². The number of hydrogen-bond acceptors (Lipinski definition) is 5. The van der Waals surface area contributed by atoms with Crippen LogP contribution in [0.5, 0.6) is 0 Å². The monoisotopic (exact) mass is 372 g/mol. The molecule has 0 aliphatic carbocycles. The molecule has 0 spiro atoms. The second-order valence-corrected chi connectivity index (χ2v) is 6.73. The van der Waals surface area contributed by atoms with Crippen LogP contribution in [0.4, 0.5) is 17.1 Å². The fraction of sp³-hybridized carbons (Fsp3) is 0.0556. The Balaban J connectivity index is 1.88. The van der Waals surface area contributed by atoms with E-state index < -0.39 is 4.92 Å². The number of thiophene rings is 1. The lowest BCUT2D eigenvalue weighted by atomic mass is 10.1. The number of para-hydroxylation sites is 2. The van der Waals surface area contributed by atoms with Crippen molar-refractivity contribution in [2.24, 2.45) is 0 Å². The summed E-state index contributed by atoms with van der Waals surface area (Å²) in [5.41, 5.74) is 2.32. The molecule has 0 amide bonds. The number of anilines is 2. The summed E-state index contributed by atoms with van der Waals surface area (Å²) in [4.78, 5) is 23.8. The molecule has 0 bridgehead atoms. The van der Waals surface area contributed by atoms with E-state index in [1.807, 2.05) is 18.4 Å². The molecule has 1 aromatic heterocycles. The molecule has 0 saturated carbocycles. The Hall–Kier alpha value is -2.70. The molecule has 0 atom stereocenters. The lowest BCUT2D eigenvalue weighted by molar-refractivity contribution is -0.383. The Labute approximate surface area is 153 Å². The van der Waals surface area contributed by atoms with Gasteiger partial charge in [0, 0.05) is 17.3 Å². The number of hydrogen-bond donors (Lipinski definition) is 1. The van der Waals surface area contributed by atoms with Crippen molar-refractivity contribution < 1.29 is 9.72 Å². The van der Waals surface area contributed by atoms with Gasteiger partial charge in [0.15, 0.2) is 0 Å². The van der Waals surface area contributed by atoms with E-state index in [2.05, 4.69) is 5.32 Å². The van der Waals surface area contributed by atoms with Crippen molar-refractivity contribution in [3.05, 3.63) is 85.1 Å². The summed E-state index contributed by atoms with van der Waals surface area (Å²) in [7, 11) is 0. The molecule has 2 aromatic carbocycles. The number of nitro groups is 1. The molecule has 7 heteroatoms. The molecular weight excluding hydrogens is 360 g/mol. The molecule has 126 valence electrons. The Morgan fingerprint density at radius 1 is 1.20 bits per heavy atom. The van der Waals surface area contributed by atoms with Gasteiger partial charge in [-0.2, -0.15) is 0 Å². The summed E-state index contributed by atoms with van der Waals surface area (Å²) >= 11 is 7.63. The highest BCUT2D eigenvalue weighted by molar-refractivity contribution is 7.12. The lowest BCUT2D eigenvalue weighted by Gasteiger charge is -2.09. The van der Waals surface area contributed by atoms with Gasteiger partial charge in [0.2, 0.25) is 5.78 Å². The highest BCUT2D eigenvalue weighted by Gasteiger charge is 2.16. The summed E-state index contributed by atoms with van der Waals surface area (Å²) in [5, 5.41) is 16.2. The number of carbonyl (C=O) groups excluding carboxylic acids is 1. The van der Waals surface area contributed by atoms with Crippen LogP contribution in [0.25, 0.3) is 0 Å². The predicted molar refractivity (Wildman–Crippen MR) is 100 cm³/mol. The second kappa shape index (κ2) is 7.04. The first-order chi connectivity index (χ1) is 12.0. The molecular formula is C18H13ClN2O3S. The Kier molecular flexibility index (Phi) is 4.83. The van der Waals surface area contributed by atoms with Crippen molar-refractivity contribution in [1.29, 1.82) is 0 Å². The molecule has 3 aromatic rings. The van der Waals surface area contributed by atoms with Gasteiger partial charge in [0.1, 0.15) is 5.69 Å². The summed E-state index contributed by atoms with van der Waals surface area (Å²) in [6.45, 7) is 1.93. The zero-order valence-electron chi connectivity index (χ0n) is 13.2. The third-order valence-electron chi connectivity index (χ3n) is 3.55. The van der Waals surface area contributed by atoms with Crippen molar-refractivity contribution in [3.63, 3.8) is 0 Å². The van der Waals surface area contributed by atoms with Crippen molar-refractivity contribution in [3.8, 4) is 0 Å². The molecule has 0 aliphatic heterocycles. The minimum Gasteiger partial charge on any atom is -0.350 e. The van der Waals surface area contributed by atoms with Gasteiger partial charge in [0.05, 0.1) is 14.8 Å². The Morgan fingerprint density at radius 3 is 2.60 bits per heavy atom. The average molecular weight is 373 g/mol. The van der Waals surface area contributed by atoms with Gasteiger partial charge >= 0.3 is 0 Å². The van der Waals surface area contributed by atoms with E-state index in [0.717, 1.165) is 5.56 Å².